The predicted molar refractivity (Wildman–Crippen MR) is 99.4 cm³/mol. The fourth-order valence-corrected chi connectivity index (χ4v) is 4.15. The van der Waals surface area contributed by atoms with E-state index in [-0.39, 0.29) is 23.4 Å². The van der Waals surface area contributed by atoms with Gasteiger partial charge in [0.2, 0.25) is 0 Å². The van der Waals surface area contributed by atoms with Crippen LogP contribution in [0.25, 0.3) is 0 Å². The Kier molecular flexibility index (Phi) is 5.12. The highest BCUT2D eigenvalue weighted by molar-refractivity contribution is 6.30. The number of benzene rings is 2. The number of quaternary nitrogens is 1. The summed E-state index contributed by atoms with van der Waals surface area (Å²) < 4.78 is 38.3. The highest BCUT2D eigenvalue weighted by Gasteiger charge is 2.55. The Hall–Kier alpha value is -1.85. The van der Waals surface area contributed by atoms with Crippen molar-refractivity contribution in [3.8, 4) is 0 Å². The monoisotopic (exact) mass is 396 g/mol. The van der Waals surface area contributed by atoms with Gasteiger partial charge in [0.25, 0.3) is 0 Å². The van der Waals surface area contributed by atoms with Gasteiger partial charge < -0.3 is 0 Å². The number of halogens is 4. The lowest BCUT2D eigenvalue weighted by atomic mass is 9.88. The fourth-order valence-electron chi connectivity index (χ4n) is 4.03. The summed E-state index contributed by atoms with van der Waals surface area (Å²) in [6, 6.07) is 14.5. The van der Waals surface area contributed by atoms with E-state index in [2.05, 4.69) is 0 Å². The van der Waals surface area contributed by atoms with Crippen LogP contribution in [0.3, 0.4) is 0 Å². The number of amides is 1. The van der Waals surface area contributed by atoms with E-state index < -0.39 is 18.1 Å². The molecule has 3 rings (SSSR count). The van der Waals surface area contributed by atoms with E-state index in [1.54, 1.807) is 24.3 Å². The first-order chi connectivity index (χ1) is 12.6. The van der Waals surface area contributed by atoms with Gasteiger partial charge in [0.05, 0.1) is 12.1 Å². The molecule has 2 nitrogen and oxygen atoms in total. The van der Waals surface area contributed by atoms with Crippen LogP contribution in [0.4, 0.5) is 13.2 Å². The van der Waals surface area contributed by atoms with Crippen LogP contribution in [0.5, 0.6) is 0 Å². The lowest BCUT2D eigenvalue weighted by Gasteiger charge is -2.45. The molecule has 1 atom stereocenters. The van der Waals surface area contributed by atoms with Crippen LogP contribution in [-0.4, -0.2) is 23.1 Å². The summed E-state index contributed by atoms with van der Waals surface area (Å²) in [6.45, 7) is 4.37. The molecule has 0 saturated heterocycles. The van der Waals surface area contributed by atoms with Crippen molar-refractivity contribution in [1.29, 1.82) is 0 Å². The number of carbonyl (C=O) groups excluding carboxylic acids is 1. The first-order valence-corrected chi connectivity index (χ1v) is 9.27. The summed E-state index contributed by atoms with van der Waals surface area (Å²) in [5.41, 5.74) is 1.66. The van der Waals surface area contributed by atoms with E-state index in [0.717, 1.165) is 11.1 Å². The minimum Gasteiger partial charge on any atom is -0.244 e. The van der Waals surface area contributed by atoms with Crippen LogP contribution in [0, 0.1) is 0 Å². The summed E-state index contributed by atoms with van der Waals surface area (Å²) in [6.07, 6.45) is -5.22. The van der Waals surface area contributed by atoms with Crippen LogP contribution in [0.2, 0.25) is 5.02 Å². The third-order valence-corrected chi connectivity index (χ3v) is 5.95. The van der Waals surface area contributed by atoms with E-state index in [1.165, 1.54) is 0 Å². The van der Waals surface area contributed by atoms with Gasteiger partial charge in [0, 0.05) is 29.0 Å². The van der Waals surface area contributed by atoms with Gasteiger partial charge >= 0.3 is 12.1 Å². The largest absolute Gasteiger partial charge is 0.389 e. The number of alkyl halides is 3. The predicted octanol–water partition coefficient (Wildman–Crippen LogP) is 6.09. The van der Waals surface area contributed by atoms with Crippen LogP contribution in [-0.2, 0) is 12.1 Å². The SMILES string of the molecule is CC(C)(c1ccc(Cl)cc1)[N+]1(CCCC(F)(F)F)Cc2ccccc2C1=O. The third-order valence-electron chi connectivity index (χ3n) is 5.70. The maximum Gasteiger partial charge on any atom is 0.389 e. The van der Waals surface area contributed by atoms with Gasteiger partial charge in [0.1, 0.15) is 12.1 Å². The number of carbonyl (C=O) groups is 1. The third kappa shape index (κ3) is 3.63. The van der Waals surface area contributed by atoms with Gasteiger partial charge in [0.15, 0.2) is 0 Å². The molecular formula is C21H22ClF3NO+. The van der Waals surface area contributed by atoms with Crippen LogP contribution in [0.1, 0.15) is 48.2 Å². The number of fused-ring (bicyclic) bond motifs is 1. The number of hydrogen-bond donors (Lipinski definition) is 0. The Balaban J connectivity index is 2.03. The topological polar surface area (TPSA) is 17.1 Å². The molecule has 0 fully saturated rings. The summed E-state index contributed by atoms with van der Waals surface area (Å²) in [5.74, 6) is -0.118. The molecule has 0 aliphatic carbocycles. The molecule has 0 radical (unpaired) electrons. The Labute approximate surface area is 162 Å². The van der Waals surface area contributed by atoms with Gasteiger partial charge in [-0.2, -0.15) is 13.2 Å². The number of hydrogen-bond acceptors (Lipinski definition) is 1. The highest BCUT2D eigenvalue weighted by atomic mass is 35.5. The molecule has 0 bridgehead atoms. The van der Waals surface area contributed by atoms with Gasteiger partial charge in [-0.15, -0.1) is 0 Å². The lowest BCUT2D eigenvalue weighted by Crippen LogP contribution is -2.60. The molecule has 0 aromatic heterocycles. The minimum atomic E-state index is -4.23. The molecule has 2 aromatic carbocycles. The van der Waals surface area contributed by atoms with Crippen molar-refractivity contribution in [3.63, 3.8) is 0 Å². The molecule has 0 N–H and O–H groups in total. The first-order valence-electron chi connectivity index (χ1n) is 8.90. The van der Waals surface area contributed by atoms with Crippen molar-refractivity contribution in [2.24, 2.45) is 0 Å². The zero-order valence-corrected chi connectivity index (χ0v) is 16.1. The van der Waals surface area contributed by atoms with E-state index in [1.807, 2.05) is 38.1 Å². The van der Waals surface area contributed by atoms with E-state index in [4.69, 9.17) is 11.6 Å². The molecule has 0 spiro atoms. The Morgan fingerprint density at radius 1 is 1.04 bits per heavy atom. The van der Waals surface area contributed by atoms with Gasteiger partial charge in [-0.25, -0.2) is 9.28 Å². The van der Waals surface area contributed by atoms with E-state index in [9.17, 15) is 18.0 Å². The van der Waals surface area contributed by atoms with E-state index >= 15 is 0 Å². The van der Waals surface area contributed by atoms with Gasteiger partial charge in [-0.3, -0.25) is 0 Å². The number of rotatable bonds is 5. The number of nitrogens with zero attached hydrogens (tertiary/aromatic N) is 1. The van der Waals surface area contributed by atoms with E-state index in [0.29, 0.717) is 17.1 Å². The summed E-state index contributed by atoms with van der Waals surface area (Å²) in [4.78, 5) is 13.4. The maximum absolute atomic E-state index is 13.4. The smallest absolute Gasteiger partial charge is 0.244 e. The molecular weight excluding hydrogens is 375 g/mol. The van der Waals surface area contributed by atoms with Crippen LogP contribution in [0.15, 0.2) is 48.5 Å². The molecule has 6 heteroatoms. The van der Waals surface area contributed by atoms with Crippen molar-refractivity contribution < 1.29 is 22.4 Å². The quantitative estimate of drug-likeness (QED) is 0.559. The average molecular weight is 397 g/mol. The second-order valence-electron chi connectivity index (χ2n) is 7.60. The molecule has 1 aliphatic rings. The molecule has 1 heterocycles. The molecule has 27 heavy (non-hydrogen) atoms. The molecule has 144 valence electrons. The van der Waals surface area contributed by atoms with Crippen molar-refractivity contribution in [1.82, 2.24) is 0 Å². The molecule has 1 amide bonds. The zero-order valence-electron chi connectivity index (χ0n) is 15.3. The summed E-state index contributed by atoms with van der Waals surface area (Å²) >= 11 is 5.99. The van der Waals surface area contributed by atoms with Crippen LogP contribution < -0.4 is 0 Å². The second kappa shape index (κ2) is 6.95. The molecule has 1 aliphatic heterocycles. The molecule has 0 saturated carbocycles. The van der Waals surface area contributed by atoms with Crippen molar-refractivity contribution in [2.75, 3.05) is 6.54 Å². The summed E-state index contributed by atoms with van der Waals surface area (Å²) in [5, 5.41) is 0.578. The Morgan fingerprint density at radius 2 is 1.67 bits per heavy atom. The van der Waals surface area contributed by atoms with Crippen LogP contribution >= 0.6 is 11.6 Å². The minimum absolute atomic E-state index is 0.0515. The van der Waals surface area contributed by atoms with Crippen molar-refractivity contribution in [3.05, 3.63) is 70.2 Å². The first kappa shape index (κ1) is 19.9. The average Bonchev–Trinajstić information content (AvgIpc) is 2.88. The normalized spacial score (nSPS) is 20.0. The second-order valence-corrected chi connectivity index (χ2v) is 8.03. The Bertz CT molecular complexity index is 845. The van der Waals surface area contributed by atoms with Gasteiger partial charge in [-0.1, -0.05) is 41.9 Å². The van der Waals surface area contributed by atoms with Crippen molar-refractivity contribution in [2.45, 2.75) is 44.9 Å². The molecule has 2 aromatic rings. The summed E-state index contributed by atoms with van der Waals surface area (Å²) in [7, 11) is 0. The van der Waals surface area contributed by atoms with Gasteiger partial charge in [-0.05, 0) is 32.0 Å². The fraction of sp³-hybridized carbons (Fsp3) is 0.381. The maximum atomic E-state index is 13.4. The lowest BCUT2D eigenvalue weighted by molar-refractivity contribution is -0.915. The van der Waals surface area contributed by atoms with Crippen molar-refractivity contribution >= 4 is 17.5 Å². The standard InChI is InChI=1S/C21H22ClF3NO/c1-20(2,16-8-10-17(22)11-9-16)26(13-5-12-21(23,24)25)14-15-6-3-4-7-18(15)19(26)27/h3-4,6-11H,5,12-14H2,1-2H3/q+1. The zero-order chi connectivity index (χ0) is 19.9. The Morgan fingerprint density at radius 3 is 2.26 bits per heavy atom. The molecule has 1 unspecified atom stereocenters. The highest BCUT2D eigenvalue weighted by Crippen LogP contribution is 2.44.